The zero-order valence-electron chi connectivity index (χ0n) is 7.58. The van der Waals surface area contributed by atoms with Gasteiger partial charge >= 0.3 is 18.1 Å². The van der Waals surface area contributed by atoms with Crippen LogP contribution in [0.1, 0.15) is 6.92 Å². The van der Waals surface area contributed by atoms with Crippen LogP contribution in [0.25, 0.3) is 0 Å². The second-order valence-electron chi connectivity index (χ2n) is 3.34. The summed E-state index contributed by atoms with van der Waals surface area (Å²) in [6.07, 6.45) is -11.3. The van der Waals surface area contributed by atoms with Crippen LogP contribution in [-0.2, 0) is 9.47 Å². The van der Waals surface area contributed by atoms with Crippen LogP contribution in [0.2, 0.25) is 0 Å². The van der Waals surface area contributed by atoms with E-state index < -0.39 is 37.3 Å². The third-order valence-corrected chi connectivity index (χ3v) is 1.89. The van der Waals surface area contributed by atoms with Gasteiger partial charge in [0.05, 0.1) is 13.2 Å². The van der Waals surface area contributed by atoms with Gasteiger partial charge in [-0.05, 0) is 0 Å². The van der Waals surface area contributed by atoms with Crippen molar-refractivity contribution < 1.29 is 35.8 Å². The van der Waals surface area contributed by atoms with Crippen LogP contribution in [0.15, 0.2) is 0 Å². The second-order valence-corrected chi connectivity index (χ2v) is 3.34. The summed E-state index contributed by atoms with van der Waals surface area (Å²) in [6.45, 7) is 0.148. The van der Waals surface area contributed by atoms with E-state index in [2.05, 4.69) is 9.47 Å². The molecule has 1 aliphatic rings. The van der Waals surface area contributed by atoms with Crippen molar-refractivity contribution in [3.05, 3.63) is 0 Å². The highest BCUT2D eigenvalue weighted by molar-refractivity contribution is 4.89. The minimum absolute atomic E-state index is 0.497. The molecule has 0 unspecified atom stereocenters. The SMILES string of the molecule is CC1COC(C(F)(F)F)(C(F)(F)F)OC1. The van der Waals surface area contributed by atoms with Crippen molar-refractivity contribution in [2.24, 2.45) is 5.92 Å². The van der Waals surface area contributed by atoms with E-state index in [1.807, 2.05) is 0 Å². The molecule has 0 N–H and O–H groups in total. The highest BCUT2D eigenvalue weighted by Crippen LogP contribution is 2.48. The minimum atomic E-state index is -5.63. The molecule has 90 valence electrons. The molecular weight excluding hydrogens is 230 g/mol. The van der Waals surface area contributed by atoms with E-state index in [4.69, 9.17) is 0 Å². The van der Waals surface area contributed by atoms with E-state index in [1.54, 1.807) is 0 Å². The average molecular weight is 238 g/mol. The molecule has 0 aromatic rings. The van der Waals surface area contributed by atoms with Crippen molar-refractivity contribution in [3.8, 4) is 0 Å². The van der Waals surface area contributed by atoms with Crippen LogP contribution >= 0.6 is 0 Å². The first-order valence-electron chi connectivity index (χ1n) is 4.01. The Bertz CT molecular complexity index is 209. The third-order valence-electron chi connectivity index (χ3n) is 1.89. The van der Waals surface area contributed by atoms with E-state index in [0.717, 1.165) is 0 Å². The van der Waals surface area contributed by atoms with Gasteiger partial charge in [0.1, 0.15) is 0 Å². The fraction of sp³-hybridized carbons (Fsp3) is 1.00. The van der Waals surface area contributed by atoms with E-state index in [1.165, 1.54) is 6.92 Å². The normalized spacial score (nSPS) is 24.2. The van der Waals surface area contributed by atoms with E-state index in [9.17, 15) is 26.3 Å². The lowest BCUT2D eigenvalue weighted by Crippen LogP contribution is -2.63. The molecule has 0 aromatic carbocycles. The highest BCUT2D eigenvalue weighted by atomic mass is 19.4. The molecule has 1 heterocycles. The van der Waals surface area contributed by atoms with Gasteiger partial charge in [0.2, 0.25) is 0 Å². The second kappa shape index (κ2) is 3.51. The van der Waals surface area contributed by atoms with Gasteiger partial charge in [0, 0.05) is 5.92 Å². The predicted octanol–water partition coefficient (Wildman–Crippen LogP) is 2.49. The first-order valence-corrected chi connectivity index (χ1v) is 4.01. The number of hydrogen-bond acceptors (Lipinski definition) is 2. The molecule has 2 nitrogen and oxygen atoms in total. The van der Waals surface area contributed by atoms with Crippen LogP contribution in [-0.4, -0.2) is 31.4 Å². The monoisotopic (exact) mass is 238 g/mol. The van der Waals surface area contributed by atoms with Gasteiger partial charge in [-0.15, -0.1) is 0 Å². The lowest BCUT2D eigenvalue weighted by molar-refractivity contribution is -0.484. The Kier molecular flexibility index (Phi) is 2.94. The number of alkyl halides is 6. The lowest BCUT2D eigenvalue weighted by Gasteiger charge is -2.40. The van der Waals surface area contributed by atoms with Gasteiger partial charge < -0.3 is 9.47 Å². The van der Waals surface area contributed by atoms with Gasteiger partial charge in [-0.25, -0.2) is 0 Å². The van der Waals surface area contributed by atoms with Crippen molar-refractivity contribution in [1.82, 2.24) is 0 Å². The van der Waals surface area contributed by atoms with Crippen molar-refractivity contribution in [2.45, 2.75) is 25.1 Å². The topological polar surface area (TPSA) is 18.5 Å². The van der Waals surface area contributed by atoms with Crippen molar-refractivity contribution in [3.63, 3.8) is 0 Å². The maximum absolute atomic E-state index is 12.2. The molecule has 1 aliphatic heterocycles. The quantitative estimate of drug-likeness (QED) is 0.603. The van der Waals surface area contributed by atoms with Gasteiger partial charge in [-0.3, -0.25) is 0 Å². The van der Waals surface area contributed by atoms with Crippen LogP contribution in [0.5, 0.6) is 0 Å². The summed E-state index contributed by atoms with van der Waals surface area (Å²) in [4.78, 5) is 0. The zero-order valence-corrected chi connectivity index (χ0v) is 7.58. The molecule has 0 aromatic heterocycles. The maximum Gasteiger partial charge on any atom is 0.453 e. The van der Waals surface area contributed by atoms with E-state index in [-0.39, 0.29) is 0 Å². The highest BCUT2D eigenvalue weighted by Gasteiger charge is 2.75. The molecular formula is C7H8F6O2. The summed E-state index contributed by atoms with van der Waals surface area (Å²) in [6, 6.07) is 0. The summed E-state index contributed by atoms with van der Waals surface area (Å²) in [5.41, 5.74) is 0. The number of rotatable bonds is 0. The molecule has 1 saturated heterocycles. The lowest BCUT2D eigenvalue weighted by atomic mass is 10.1. The first-order chi connectivity index (χ1) is 6.60. The summed E-state index contributed by atoms with van der Waals surface area (Å²) >= 11 is 0. The maximum atomic E-state index is 12.2. The van der Waals surface area contributed by atoms with Crippen molar-refractivity contribution in [1.29, 1.82) is 0 Å². The average Bonchev–Trinajstić information content (AvgIpc) is 2.00. The van der Waals surface area contributed by atoms with Crippen molar-refractivity contribution >= 4 is 0 Å². The third kappa shape index (κ3) is 2.05. The Labute approximate surface area is 81.1 Å². The molecule has 0 spiro atoms. The Morgan fingerprint density at radius 1 is 0.933 bits per heavy atom. The molecule has 0 amide bonds. The molecule has 0 aliphatic carbocycles. The molecule has 1 rings (SSSR count). The Morgan fingerprint density at radius 3 is 1.53 bits per heavy atom. The summed E-state index contributed by atoms with van der Waals surface area (Å²) in [5, 5.41) is 0. The summed E-state index contributed by atoms with van der Waals surface area (Å²) < 4.78 is 81.2. The largest absolute Gasteiger partial charge is 0.453 e. The fourth-order valence-electron chi connectivity index (χ4n) is 1.10. The summed E-state index contributed by atoms with van der Waals surface area (Å²) in [7, 11) is 0. The van der Waals surface area contributed by atoms with Gasteiger partial charge in [0.15, 0.2) is 0 Å². The van der Waals surface area contributed by atoms with Gasteiger partial charge in [-0.2, -0.15) is 26.3 Å². The van der Waals surface area contributed by atoms with Crippen LogP contribution < -0.4 is 0 Å². The van der Waals surface area contributed by atoms with Crippen LogP contribution in [0.4, 0.5) is 26.3 Å². The molecule has 15 heavy (non-hydrogen) atoms. The molecule has 8 heteroatoms. The molecule has 0 radical (unpaired) electrons. The van der Waals surface area contributed by atoms with Gasteiger partial charge in [-0.1, -0.05) is 6.92 Å². The predicted molar refractivity (Wildman–Crippen MR) is 35.9 cm³/mol. The molecule has 0 bridgehead atoms. The van der Waals surface area contributed by atoms with Gasteiger partial charge in [0.25, 0.3) is 0 Å². The fourth-order valence-corrected chi connectivity index (χ4v) is 1.10. The van der Waals surface area contributed by atoms with Crippen LogP contribution in [0, 0.1) is 5.92 Å². The van der Waals surface area contributed by atoms with Crippen LogP contribution in [0.3, 0.4) is 0 Å². The minimum Gasteiger partial charge on any atom is -0.335 e. The number of ether oxygens (including phenoxy) is 2. The Morgan fingerprint density at radius 2 is 1.27 bits per heavy atom. The number of hydrogen-bond donors (Lipinski definition) is 0. The standard InChI is InChI=1S/C7H8F6O2/c1-4-2-14-5(15-3-4,6(8,9)10)7(11,12)13/h4H,2-3H2,1H3. The van der Waals surface area contributed by atoms with Crippen molar-refractivity contribution in [2.75, 3.05) is 13.2 Å². The van der Waals surface area contributed by atoms with E-state index >= 15 is 0 Å². The zero-order chi connectivity index (χ0) is 11.9. The molecule has 0 saturated carbocycles. The Balaban J connectivity index is 2.99. The first kappa shape index (κ1) is 12.6. The Hall–Kier alpha value is -0.500. The van der Waals surface area contributed by atoms with E-state index in [0.29, 0.717) is 0 Å². The smallest absolute Gasteiger partial charge is 0.335 e. The summed E-state index contributed by atoms with van der Waals surface area (Å²) in [5.74, 6) is -4.96. The number of halogens is 6. The molecule has 0 atom stereocenters. The molecule has 1 fully saturated rings.